The molecule has 0 N–H and O–H groups in total. The summed E-state index contributed by atoms with van der Waals surface area (Å²) < 4.78 is 35.0. The summed E-state index contributed by atoms with van der Waals surface area (Å²) in [6, 6.07) is 1.68. The van der Waals surface area contributed by atoms with E-state index in [0.717, 1.165) is 19.3 Å². The van der Waals surface area contributed by atoms with E-state index in [-0.39, 0.29) is 0 Å². The molecular formula is C7H12F3Si. The van der Waals surface area contributed by atoms with Crippen LogP contribution in [0.25, 0.3) is 0 Å². The van der Waals surface area contributed by atoms with Crippen LogP contribution in [-0.4, -0.2) is 9.52 Å². The molecule has 0 saturated carbocycles. The normalized spacial score (nSPS) is 10.9. The molecule has 0 atom stereocenters. The summed E-state index contributed by atoms with van der Waals surface area (Å²) in [6.07, 6.45) is 0.621. The van der Waals surface area contributed by atoms with Gasteiger partial charge in [0, 0.05) is 0 Å². The van der Waals surface area contributed by atoms with Crippen molar-refractivity contribution in [3.63, 3.8) is 0 Å². The maximum Gasteiger partial charge on any atom is 0.295 e. The van der Waals surface area contributed by atoms with E-state index in [1.54, 1.807) is 6.04 Å². The topological polar surface area (TPSA) is 0 Å². The lowest BCUT2D eigenvalue weighted by atomic mass is 10.3. The van der Waals surface area contributed by atoms with Crippen LogP contribution in [-0.2, 0) is 0 Å². The highest BCUT2D eigenvalue weighted by atomic mass is 28.2. The van der Waals surface area contributed by atoms with E-state index < -0.39 is 21.1 Å². The molecule has 0 rings (SSSR count). The van der Waals surface area contributed by atoms with Gasteiger partial charge in [-0.25, -0.2) is 4.39 Å². The average Bonchev–Trinajstić information content (AvgIpc) is 1.97. The minimum atomic E-state index is -2.13. The van der Waals surface area contributed by atoms with E-state index in [0.29, 0.717) is 0 Å². The summed E-state index contributed by atoms with van der Waals surface area (Å²) in [5.74, 6) is 0. The quantitative estimate of drug-likeness (QED) is 0.451. The van der Waals surface area contributed by atoms with Gasteiger partial charge in [-0.1, -0.05) is 26.2 Å². The van der Waals surface area contributed by atoms with E-state index in [4.69, 9.17) is 0 Å². The summed E-state index contributed by atoms with van der Waals surface area (Å²) >= 11 is 0. The zero-order valence-electron chi connectivity index (χ0n) is 6.54. The molecule has 0 bridgehead atoms. The third kappa shape index (κ3) is 6.16. The third-order valence-electron chi connectivity index (χ3n) is 1.29. The summed E-state index contributed by atoms with van der Waals surface area (Å²) in [5.41, 5.74) is -1.17. The number of rotatable bonds is 5. The fourth-order valence-electron chi connectivity index (χ4n) is 0.654. The van der Waals surface area contributed by atoms with Gasteiger partial charge >= 0.3 is 0 Å². The molecule has 0 saturated heterocycles. The van der Waals surface area contributed by atoms with E-state index >= 15 is 0 Å². The molecule has 0 spiro atoms. The minimum Gasteiger partial charge on any atom is -0.212 e. The van der Waals surface area contributed by atoms with Crippen LogP contribution in [0.5, 0.6) is 0 Å². The number of hydrogen-bond acceptors (Lipinski definition) is 0. The standard InChI is InChI=1S/C7H12F3Si/c1-2-3-4-5-11-7(10)6(8)9/h5H,2-4,11H2,1H3. The predicted octanol–water partition coefficient (Wildman–Crippen LogP) is 2.54. The van der Waals surface area contributed by atoms with E-state index in [1.165, 1.54) is 0 Å². The monoisotopic (exact) mass is 181 g/mol. The molecule has 0 amide bonds. The van der Waals surface area contributed by atoms with Gasteiger partial charge in [-0.3, -0.25) is 0 Å². The lowest BCUT2D eigenvalue weighted by Gasteiger charge is -1.94. The van der Waals surface area contributed by atoms with E-state index in [9.17, 15) is 13.2 Å². The average molecular weight is 181 g/mol. The second-order valence-electron chi connectivity index (χ2n) is 2.30. The van der Waals surface area contributed by atoms with E-state index in [1.807, 2.05) is 6.92 Å². The second kappa shape index (κ2) is 6.46. The minimum absolute atomic E-state index is 0.767. The Morgan fingerprint density at radius 3 is 2.45 bits per heavy atom. The van der Waals surface area contributed by atoms with Crippen molar-refractivity contribution in [2.75, 3.05) is 0 Å². The molecule has 1 radical (unpaired) electrons. The third-order valence-corrected chi connectivity index (χ3v) is 2.61. The molecule has 0 nitrogen and oxygen atoms in total. The Bertz CT molecular complexity index is 130. The summed E-state index contributed by atoms with van der Waals surface area (Å²) in [4.78, 5) is 0. The highest BCUT2D eigenvalue weighted by Gasteiger charge is 2.03. The van der Waals surface area contributed by atoms with Crippen LogP contribution in [0.3, 0.4) is 0 Å². The van der Waals surface area contributed by atoms with Crippen molar-refractivity contribution in [1.29, 1.82) is 0 Å². The van der Waals surface area contributed by atoms with Crippen molar-refractivity contribution in [3.05, 3.63) is 17.6 Å². The Morgan fingerprint density at radius 2 is 2.00 bits per heavy atom. The SMILES string of the molecule is CCCC[CH][SiH2]C(F)=C(F)F. The van der Waals surface area contributed by atoms with Gasteiger partial charge < -0.3 is 0 Å². The van der Waals surface area contributed by atoms with Crippen LogP contribution < -0.4 is 0 Å². The molecule has 0 aliphatic heterocycles. The van der Waals surface area contributed by atoms with E-state index in [2.05, 4.69) is 0 Å². The molecule has 0 heterocycles. The van der Waals surface area contributed by atoms with Gasteiger partial charge in [-0.2, -0.15) is 8.78 Å². The van der Waals surface area contributed by atoms with Gasteiger partial charge in [-0.05, 0) is 6.04 Å². The summed E-state index contributed by atoms with van der Waals surface area (Å²) in [7, 11) is -1.39. The van der Waals surface area contributed by atoms with Crippen LogP contribution >= 0.6 is 0 Å². The van der Waals surface area contributed by atoms with Crippen molar-refractivity contribution < 1.29 is 13.2 Å². The first-order valence-corrected chi connectivity index (χ1v) is 5.22. The number of halogens is 3. The molecule has 0 aliphatic rings. The molecule has 0 fully saturated rings. The van der Waals surface area contributed by atoms with Gasteiger partial charge in [-0.15, -0.1) is 0 Å². The van der Waals surface area contributed by atoms with Crippen LogP contribution in [0.1, 0.15) is 26.2 Å². The smallest absolute Gasteiger partial charge is 0.212 e. The van der Waals surface area contributed by atoms with Crippen LogP contribution in [0.2, 0.25) is 0 Å². The summed E-state index contributed by atoms with van der Waals surface area (Å²) in [5, 5.41) is 0. The highest BCUT2D eigenvalue weighted by molar-refractivity contribution is 6.48. The van der Waals surface area contributed by atoms with Crippen molar-refractivity contribution in [1.82, 2.24) is 0 Å². The Hall–Kier alpha value is -0.253. The maximum absolute atomic E-state index is 12.1. The van der Waals surface area contributed by atoms with Crippen molar-refractivity contribution in [3.8, 4) is 0 Å². The lowest BCUT2D eigenvalue weighted by Crippen LogP contribution is -1.94. The molecule has 11 heavy (non-hydrogen) atoms. The fourth-order valence-corrected chi connectivity index (χ4v) is 1.55. The molecular weight excluding hydrogens is 169 g/mol. The van der Waals surface area contributed by atoms with Crippen molar-refractivity contribution in [2.45, 2.75) is 26.2 Å². The molecule has 0 aromatic heterocycles. The van der Waals surface area contributed by atoms with Crippen molar-refractivity contribution >= 4 is 9.52 Å². The Balaban J connectivity index is 3.32. The molecule has 4 heteroatoms. The van der Waals surface area contributed by atoms with Crippen LogP contribution in [0.4, 0.5) is 13.2 Å². The van der Waals surface area contributed by atoms with Gasteiger partial charge in [0.2, 0.25) is 0 Å². The molecule has 65 valence electrons. The molecule has 0 aromatic rings. The highest BCUT2D eigenvalue weighted by Crippen LogP contribution is 2.09. The molecule has 0 unspecified atom stereocenters. The van der Waals surface area contributed by atoms with Gasteiger partial charge in [0.05, 0.1) is 0 Å². The van der Waals surface area contributed by atoms with Crippen LogP contribution in [0, 0.1) is 6.04 Å². The number of hydrogen-bond donors (Lipinski definition) is 0. The summed E-state index contributed by atoms with van der Waals surface area (Å²) in [6.45, 7) is 2.01. The van der Waals surface area contributed by atoms with Crippen molar-refractivity contribution in [2.24, 2.45) is 0 Å². The predicted molar refractivity (Wildman–Crippen MR) is 42.7 cm³/mol. The second-order valence-corrected chi connectivity index (χ2v) is 3.91. The Labute approximate surface area is 67.3 Å². The largest absolute Gasteiger partial charge is 0.295 e. The zero-order chi connectivity index (χ0) is 8.69. The first kappa shape index (κ1) is 10.7. The number of unbranched alkanes of at least 4 members (excludes halogenated alkanes) is 2. The first-order valence-electron chi connectivity index (χ1n) is 3.69. The lowest BCUT2D eigenvalue weighted by molar-refractivity contribution is 0.393. The maximum atomic E-state index is 12.1. The fraction of sp³-hybridized carbons (Fsp3) is 0.571. The van der Waals surface area contributed by atoms with Gasteiger partial charge in [0.1, 0.15) is 15.0 Å². The van der Waals surface area contributed by atoms with Gasteiger partial charge in [0.15, 0.2) is 0 Å². The first-order chi connectivity index (χ1) is 5.18. The van der Waals surface area contributed by atoms with Gasteiger partial charge in [0.25, 0.3) is 6.08 Å². The molecule has 0 aromatic carbocycles. The zero-order valence-corrected chi connectivity index (χ0v) is 7.95. The molecule has 0 aliphatic carbocycles. The Kier molecular flexibility index (Phi) is 6.31. The Morgan fingerprint density at radius 1 is 1.36 bits per heavy atom. The van der Waals surface area contributed by atoms with Crippen LogP contribution in [0.15, 0.2) is 11.5 Å².